The van der Waals surface area contributed by atoms with E-state index in [4.69, 9.17) is 0 Å². The van der Waals surface area contributed by atoms with Crippen LogP contribution in [0.2, 0.25) is 0 Å². The van der Waals surface area contributed by atoms with Gasteiger partial charge in [-0.25, -0.2) is 8.78 Å². The van der Waals surface area contributed by atoms with Crippen LogP contribution in [0.25, 0.3) is 0 Å². The number of aliphatic carboxylic acids is 1. The van der Waals surface area contributed by atoms with Crippen LogP contribution in [0.4, 0.5) is 8.78 Å². The quantitative estimate of drug-likeness (QED) is 0.474. The molecule has 2 atom stereocenters. The number of amides is 3. The smallest absolute Gasteiger partial charge is 0.305 e. The highest BCUT2D eigenvalue weighted by molar-refractivity contribution is 5.99. The SMILES string of the molecule is O=C(O)CC(NC(=O)C1N(C(=O)Cc2ccccc2)CCN1C(=O)c1cccc(F)c1)c1ccc(F)cc1. The molecule has 0 radical (unpaired) electrons. The van der Waals surface area contributed by atoms with Crippen molar-refractivity contribution in [1.29, 1.82) is 0 Å². The third-order valence-corrected chi connectivity index (χ3v) is 6.23. The monoisotopic (exact) mass is 521 g/mol. The summed E-state index contributed by atoms with van der Waals surface area (Å²) >= 11 is 0. The molecule has 1 heterocycles. The van der Waals surface area contributed by atoms with Crippen molar-refractivity contribution in [1.82, 2.24) is 15.1 Å². The summed E-state index contributed by atoms with van der Waals surface area (Å²) in [7, 11) is 0. The topological polar surface area (TPSA) is 107 Å². The van der Waals surface area contributed by atoms with Crippen LogP contribution in [0.1, 0.15) is 33.9 Å². The Morgan fingerprint density at radius 3 is 2.21 bits per heavy atom. The molecule has 3 aromatic carbocycles. The number of rotatable bonds is 8. The molecule has 1 fully saturated rings. The molecule has 1 aliphatic rings. The molecule has 2 N–H and O–H groups in total. The van der Waals surface area contributed by atoms with Gasteiger partial charge in [0, 0.05) is 18.7 Å². The Morgan fingerprint density at radius 1 is 0.868 bits per heavy atom. The van der Waals surface area contributed by atoms with Crippen LogP contribution in [0.5, 0.6) is 0 Å². The molecular formula is C28H25F2N3O5. The minimum atomic E-state index is -1.40. The van der Waals surface area contributed by atoms with E-state index in [0.717, 1.165) is 23.1 Å². The van der Waals surface area contributed by atoms with Crippen LogP contribution < -0.4 is 5.32 Å². The number of halogens is 2. The summed E-state index contributed by atoms with van der Waals surface area (Å²) in [6, 6.07) is 17.8. The maximum Gasteiger partial charge on any atom is 0.305 e. The predicted octanol–water partition coefficient (Wildman–Crippen LogP) is 3.15. The third kappa shape index (κ3) is 6.20. The Labute approximate surface area is 217 Å². The Balaban J connectivity index is 1.64. The zero-order chi connectivity index (χ0) is 27.2. The number of hydrogen-bond acceptors (Lipinski definition) is 4. The van der Waals surface area contributed by atoms with Crippen molar-refractivity contribution in [2.24, 2.45) is 0 Å². The van der Waals surface area contributed by atoms with Crippen molar-refractivity contribution >= 4 is 23.7 Å². The molecule has 38 heavy (non-hydrogen) atoms. The number of carbonyl (C=O) groups is 4. The summed E-state index contributed by atoms with van der Waals surface area (Å²) in [6.07, 6.45) is -1.94. The normalized spacial score (nSPS) is 15.7. The molecule has 3 amide bonds. The van der Waals surface area contributed by atoms with E-state index in [1.807, 2.05) is 0 Å². The molecular weight excluding hydrogens is 496 g/mol. The van der Waals surface area contributed by atoms with Crippen molar-refractivity contribution in [3.63, 3.8) is 0 Å². The molecule has 0 aromatic heterocycles. The molecule has 10 heteroatoms. The van der Waals surface area contributed by atoms with Gasteiger partial charge in [-0.3, -0.25) is 19.2 Å². The van der Waals surface area contributed by atoms with E-state index in [0.29, 0.717) is 11.1 Å². The fourth-order valence-corrected chi connectivity index (χ4v) is 4.41. The summed E-state index contributed by atoms with van der Waals surface area (Å²) in [5, 5.41) is 12.0. The first-order valence-electron chi connectivity index (χ1n) is 11.9. The van der Waals surface area contributed by atoms with E-state index >= 15 is 0 Å². The summed E-state index contributed by atoms with van der Waals surface area (Å²) < 4.78 is 27.3. The highest BCUT2D eigenvalue weighted by Crippen LogP contribution is 2.23. The van der Waals surface area contributed by atoms with Crippen molar-refractivity contribution in [3.8, 4) is 0 Å². The predicted molar refractivity (Wildman–Crippen MR) is 133 cm³/mol. The van der Waals surface area contributed by atoms with Crippen molar-refractivity contribution < 1.29 is 33.1 Å². The Kier molecular flexibility index (Phi) is 8.10. The van der Waals surface area contributed by atoms with Gasteiger partial charge in [0.15, 0.2) is 6.17 Å². The van der Waals surface area contributed by atoms with Gasteiger partial charge in [-0.2, -0.15) is 0 Å². The van der Waals surface area contributed by atoms with Gasteiger partial charge in [0.1, 0.15) is 11.6 Å². The summed E-state index contributed by atoms with van der Waals surface area (Å²) in [4.78, 5) is 54.1. The summed E-state index contributed by atoms with van der Waals surface area (Å²) in [6.45, 7) is 0.0546. The number of carboxylic acids is 1. The first-order chi connectivity index (χ1) is 18.2. The second kappa shape index (κ2) is 11.6. The zero-order valence-electron chi connectivity index (χ0n) is 20.2. The molecule has 2 unspecified atom stereocenters. The van der Waals surface area contributed by atoms with Gasteiger partial charge in [0.05, 0.1) is 18.9 Å². The van der Waals surface area contributed by atoms with Crippen molar-refractivity contribution in [3.05, 3.63) is 107 Å². The second-order valence-corrected chi connectivity index (χ2v) is 8.84. The van der Waals surface area contributed by atoms with E-state index in [1.54, 1.807) is 30.3 Å². The molecule has 1 aliphatic heterocycles. The standard InChI is InChI=1S/C28H25F2N3O5/c29-21-11-9-19(10-12-21)23(17-25(35)36)31-26(37)27-32(24(34)15-18-5-2-1-3-6-18)13-14-33(27)28(38)20-7-4-8-22(30)16-20/h1-12,16,23,27H,13-15,17H2,(H,31,37)(H,35,36). The number of carboxylic acid groups (broad SMARTS) is 1. The highest BCUT2D eigenvalue weighted by atomic mass is 19.1. The molecule has 3 aromatic rings. The Hall–Kier alpha value is -4.60. The highest BCUT2D eigenvalue weighted by Gasteiger charge is 2.43. The van der Waals surface area contributed by atoms with E-state index in [1.165, 1.54) is 35.2 Å². The molecule has 0 aliphatic carbocycles. The summed E-state index contributed by atoms with van der Waals surface area (Å²) in [5.41, 5.74) is 1.05. The number of benzene rings is 3. The molecule has 4 rings (SSSR count). The zero-order valence-corrected chi connectivity index (χ0v) is 20.2. The largest absolute Gasteiger partial charge is 0.481 e. The third-order valence-electron chi connectivity index (χ3n) is 6.23. The average molecular weight is 522 g/mol. The number of carbonyl (C=O) groups excluding carboxylic acids is 3. The lowest BCUT2D eigenvalue weighted by atomic mass is 10.0. The van der Waals surface area contributed by atoms with Crippen LogP contribution in [-0.4, -0.2) is 57.9 Å². The van der Waals surface area contributed by atoms with Gasteiger partial charge in [0.2, 0.25) is 5.91 Å². The maximum absolute atomic E-state index is 13.8. The fourth-order valence-electron chi connectivity index (χ4n) is 4.41. The molecule has 0 saturated carbocycles. The average Bonchev–Trinajstić information content (AvgIpc) is 3.34. The van der Waals surface area contributed by atoms with Crippen molar-refractivity contribution in [2.75, 3.05) is 13.1 Å². The Morgan fingerprint density at radius 2 is 1.55 bits per heavy atom. The lowest BCUT2D eigenvalue weighted by Crippen LogP contribution is -2.54. The Bertz CT molecular complexity index is 1330. The van der Waals surface area contributed by atoms with Gasteiger partial charge < -0.3 is 20.2 Å². The van der Waals surface area contributed by atoms with Gasteiger partial charge in [-0.05, 0) is 41.5 Å². The number of nitrogens with zero attached hydrogens (tertiary/aromatic N) is 2. The van der Waals surface area contributed by atoms with Gasteiger partial charge in [0.25, 0.3) is 11.8 Å². The van der Waals surface area contributed by atoms with Crippen LogP contribution in [-0.2, 0) is 20.8 Å². The van der Waals surface area contributed by atoms with Gasteiger partial charge in [-0.15, -0.1) is 0 Å². The lowest BCUT2D eigenvalue weighted by Gasteiger charge is -2.31. The molecule has 1 saturated heterocycles. The minimum absolute atomic E-state index is 0.000721. The first-order valence-corrected chi connectivity index (χ1v) is 11.9. The molecule has 0 bridgehead atoms. The van der Waals surface area contributed by atoms with Crippen LogP contribution in [0.3, 0.4) is 0 Å². The van der Waals surface area contributed by atoms with Crippen LogP contribution in [0, 0.1) is 11.6 Å². The molecule has 0 spiro atoms. The number of nitrogens with one attached hydrogen (secondary N) is 1. The molecule has 196 valence electrons. The minimum Gasteiger partial charge on any atom is -0.481 e. The second-order valence-electron chi connectivity index (χ2n) is 8.84. The lowest BCUT2D eigenvalue weighted by molar-refractivity contribution is -0.142. The van der Waals surface area contributed by atoms with E-state index in [9.17, 15) is 33.1 Å². The van der Waals surface area contributed by atoms with Crippen LogP contribution in [0.15, 0.2) is 78.9 Å². The van der Waals surface area contributed by atoms with E-state index < -0.39 is 54.0 Å². The number of hydrogen-bond donors (Lipinski definition) is 2. The maximum atomic E-state index is 13.8. The van der Waals surface area contributed by atoms with Crippen molar-refractivity contribution in [2.45, 2.75) is 25.0 Å². The van der Waals surface area contributed by atoms with E-state index in [2.05, 4.69) is 5.32 Å². The van der Waals surface area contributed by atoms with E-state index in [-0.39, 0.29) is 25.1 Å². The molecule has 8 nitrogen and oxygen atoms in total. The van der Waals surface area contributed by atoms with Gasteiger partial charge in [-0.1, -0.05) is 48.5 Å². The van der Waals surface area contributed by atoms with Gasteiger partial charge >= 0.3 is 5.97 Å². The van der Waals surface area contributed by atoms with Crippen LogP contribution >= 0.6 is 0 Å². The first kappa shape index (κ1) is 26.5. The fraction of sp³-hybridized carbons (Fsp3) is 0.214. The summed E-state index contributed by atoms with van der Waals surface area (Å²) in [5.74, 6) is -4.24.